The van der Waals surface area contributed by atoms with Gasteiger partial charge in [-0.3, -0.25) is 4.79 Å². The van der Waals surface area contributed by atoms with E-state index < -0.39 is 6.10 Å². The average Bonchev–Trinajstić information content (AvgIpc) is 2.05. The van der Waals surface area contributed by atoms with E-state index in [1.54, 1.807) is 0 Å². The molecule has 3 nitrogen and oxygen atoms in total. The monoisotopic (exact) mass is 159 g/mol. The second kappa shape index (κ2) is 6.31. The zero-order valence-electron chi connectivity index (χ0n) is 7.29. The minimum Gasteiger partial charge on any atom is -0.359 e. The highest BCUT2D eigenvalue weighted by molar-refractivity contribution is 5.57. The number of carbonyl (C=O) groups excluding carboxylic acids is 1. The molecular weight excluding hydrogens is 144 g/mol. The fourth-order valence-corrected chi connectivity index (χ4v) is 0.670. The molecule has 0 saturated heterocycles. The number of hydrogen-bond acceptors (Lipinski definition) is 3. The summed E-state index contributed by atoms with van der Waals surface area (Å²) in [6.45, 7) is 4.11. The molecule has 0 fully saturated rings. The van der Waals surface area contributed by atoms with E-state index in [-0.39, 0.29) is 12.7 Å². The molecule has 0 aliphatic carbocycles. The van der Waals surface area contributed by atoms with Crippen molar-refractivity contribution in [2.45, 2.75) is 26.4 Å². The van der Waals surface area contributed by atoms with Crippen LogP contribution in [0.4, 0.5) is 0 Å². The molecule has 0 spiro atoms. The lowest BCUT2D eigenvalue weighted by Gasteiger charge is -2.15. The predicted molar refractivity (Wildman–Crippen MR) is 41.9 cm³/mol. The first-order chi connectivity index (χ1) is 5.26. The Morgan fingerprint density at radius 2 is 2.18 bits per heavy atom. The van der Waals surface area contributed by atoms with Gasteiger partial charge in [-0.05, 0) is 5.92 Å². The average molecular weight is 159 g/mol. The van der Waals surface area contributed by atoms with Crippen LogP contribution in [0.3, 0.4) is 0 Å². The molecule has 3 heteroatoms. The van der Waals surface area contributed by atoms with Crippen molar-refractivity contribution in [3.63, 3.8) is 0 Å². The summed E-state index contributed by atoms with van der Waals surface area (Å²) >= 11 is 0. The molecule has 0 aromatic heterocycles. The number of rotatable bonds is 6. The van der Waals surface area contributed by atoms with Crippen molar-refractivity contribution >= 4 is 6.29 Å². The van der Waals surface area contributed by atoms with Crippen LogP contribution in [0, 0.1) is 5.92 Å². The molecule has 0 amide bonds. The topological polar surface area (TPSA) is 35.5 Å². The molecule has 0 aromatic rings. The van der Waals surface area contributed by atoms with E-state index >= 15 is 0 Å². The Bertz CT molecular complexity index is 104. The summed E-state index contributed by atoms with van der Waals surface area (Å²) in [5.41, 5.74) is 0. The third kappa shape index (κ3) is 4.11. The van der Waals surface area contributed by atoms with Crippen molar-refractivity contribution in [2.24, 2.45) is 5.92 Å². The van der Waals surface area contributed by atoms with Gasteiger partial charge < -0.3 is 9.47 Å². The van der Waals surface area contributed by atoms with Crippen LogP contribution >= 0.6 is 0 Å². The third-order valence-corrected chi connectivity index (χ3v) is 1.64. The van der Waals surface area contributed by atoms with Crippen LogP contribution in [-0.4, -0.2) is 26.3 Å². The highest BCUT2D eigenvalue weighted by atomic mass is 16.7. The van der Waals surface area contributed by atoms with Gasteiger partial charge in [0, 0.05) is 7.11 Å². The molecule has 0 aliphatic rings. The van der Waals surface area contributed by atoms with Crippen LogP contribution in [0.25, 0.3) is 0 Å². The lowest BCUT2D eigenvalue weighted by Crippen LogP contribution is -2.23. The van der Waals surface area contributed by atoms with E-state index in [9.17, 15) is 4.79 Å². The van der Waals surface area contributed by atoms with Gasteiger partial charge in [-0.25, -0.2) is 0 Å². The van der Waals surface area contributed by atoms with Crippen molar-refractivity contribution in [3.05, 3.63) is 0 Å². The van der Waals surface area contributed by atoms with Crippen LogP contribution in [-0.2, 0) is 14.3 Å². The Labute approximate surface area is 67.7 Å². The number of hydrogen-bond donors (Lipinski definition) is 0. The van der Waals surface area contributed by atoms with E-state index in [0.29, 0.717) is 0 Å². The summed E-state index contributed by atoms with van der Waals surface area (Å²) in [6.07, 6.45) is 2.30. The zero-order chi connectivity index (χ0) is 8.69. The van der Waals surface area contributed by atoms with Gasteiger partial charge in [0.1, 0.15) is 12.9 Å². The minimum atomic E-state index is -0.444. The van der Waals surface area contributed by atoms with E-state index in [2.05, 4.69) is 4.74 Å². The minimum absolute atomic E-state index is 0.157. The van der Waals surface area contributed by atoms with Crippen molar-refractivity contribution in [3.8, 4) is 0 Å². The maximum absolute atomic E-state index is 10.3. The second-order valence-corrected chi connectivity index (χ2v) is 2.50. The van der Waals surface area contributed by atoms with Gasteiger partial charge in [0.05, 0.1) is 0 Å². The highest BCUT2D eigenvalue weighted by Gasteiger charge is 2.15. The summed E-state index contributed by atoms with van der Waals surface area (Å²) < 4.78 is 9.71. The summed E-state index contributed by atoms with van der Waals surface area (Å²) in [7, 11) is 1.53. The molecule has 0 aromatic carbocycles. The van der Waals surface area contributed by atoms with Crippen LogP contribution in [0.15, 0.2) is 0 Å². The predicted octanol–water partition coefficient (Wildman–Crippen LogP) is 1.13. The van der Waals surface area contributed by atoms with Crippen LogP contribution < -0.4 is 0 Å². The lowest BCUT2D eigenvalue weighted by atomic mass is 10.0. The summed E-state index contributed by atoms with van der Waals surface area (Å²) in [6, 6.07) is 0. The van der Waals surface area contributed by atoms with E-state index in [1.165, 1.54) is 7.11 Å². The van der Waals surface area contributed by atoms with Crippen molar-refractivity contribution in [1.29, 1.82) is 0 Å². The Kier molecular flexibility index (Phi) is 6.07. The van der Waals surface area contributed by atoms with E-state index in [4.69, 9.17) is 4.74 Å². The smallest absolute Gasteiger partial charge is 0.230 e. The molecule has 0 saturated carbocycles. The zero-order valence-corrected chi connectivity index (χ0v) is 7.29. The first kappa shape index (κ1) is 10.6. The Morgan fingerprint density at radius 3 is 2.55 bits per heavy atom. The number of methoxy groups -OCH3 is 1. The lowest BCUT2D eigenvalue weighted by molar-refractivity contribution is -0.0643. The maximum Gasteiger partial charge on any atom is 0.230 e. The van der Waals surface area contributed by atoms with Gasteiger partial charge in [-0.1, -0.05) is 20.3 Å². The molecule has 0 rings (SSSR count). The van der Waals surface area contributed by atoms with Crippen molar-refractivity contribution < 1.29 is 14.3 Å². The van der Waals surface area contributed by atoms with E-state index in [0.717, 1.165) is 6.42 Å². The van der Waals surface area contributed by atoms with Gasteiger partial charge in [0.2, 0.25) is 6.29 Å². The largest absolute Gasteiger partial charge is 0.359 e. The first-order valence-electron chi connectivity index (χ1n) is 3.74. The standard InChI is InChI=1S/C8H15O3/c1-4-7(2)8(5-9)11-6-10-3/h7-8H,4,6H2,1-3H3. The maximum atomic E-state index is 10.3. The second-order valence-electron chi connectivity index (χ2n) is 2.50. The molecule has 2 atom stereocenters. The van der Waals surface area contributed by atoms with Crippen molar-refractivity contribution in [2.75, 3.05) is 13.9 Å². The summed E-state index contributed by atoms with van der Waals surface area (Å²) in [4.78, 5) is 10.3. The SMILES string of the molecule is CCC(C)C([C]=O)OCOC. The molecule has 65 valence electrons. The van der Waals surface area contributed by atoms with Gasteiger partial charge in [0.15, 0.2) is 0 Å². The van der Waals surface area contributed by atoms with Crippen LogP contribution in [0.5, 0.6) is 0 Å². The molecule has 0 heterocycles. The Balaban J connectivity index is 3.65. The summed E-state index contributed by atoms with van der Waals surface area (Å²) in [5, 5.41) is 0. The quantitative estimate of drug-likeness (QED) is 0.545. The highest BCUT2D eigenvalue weighted by Crippen LogP contribution is 2.08. The van der Waals surface area contributed by atoms with E-state index in [1.807, 2.05) is 20.1 Å². The van der Waals surface area contributed by atoms with Gasteiger partial charge in [0.25, 0.3) is 0 Å². The van der Waals surface area contributed by atoms with Crippen LogP contribution in [0.1, 0.15) is 20.3 Å². The molecule has 1 radical (unpaired) electrons. The van der Waals surface area contributed by atoms with Gasteiger partial charge in [-0.15, -0.1) is 0 Å². The van der Waals surface area contributed by atoms with Crippen LogP contribution in [0.2, 0.25) is 0 Å². The fraction of sp³-hybridized carbons (Fsp3) is 0.875. The Morgan fingerprint density at radius 1 is 1.55 bits per heavy atom. The fourth-order valence-electron chi connectivity index (χ4n) is 0.670. The van der Waals surface area contributed by atoms with Gasteiger partial charge >= 0.3 is 0 Å². The third-order valence-electron chi connectivity index (χ3n) is 1.64. The first-order valence-corrected chi connectivity index (χ1v) is 3.74. The molecule has 2 unspecified atom stereocenters. The molecule has 0 N–H and O–H groups in total. The number of ether oxygens (including phenoxy) is 2. The normalized spacial score (nSPS) is 15.9. The Hall–Kier alpha value is -0.410. The van der Waals surface area contributed by atoms with Gasteiger partial charge in [-0.2, -0.15) is 0 Å². The molecule has 11 heavy (non-hydrogen) atoms. The van der Waals surface area contributed by atoms with Crippen molar-refractivity contribution in [1.82, 2.24) is 0 Å². The summed E-state index contributed by atoms with van der Waals surface area (Å²) in [5.74, 6) is 0.211. The molecular formula is C8H15O3. The molecule has 0 aliphatic heterocycles. The molecule has 0 bridgehead atoms.